The fourth-order valence-electron chi connectivity index (χ4n) is 9.19. The van der Waals surface area contributed by atoms with Crippen LogP contribution in [0.4, 0.5) is 0 Å². The van der Waals surface area contributed by atoms with Crippen LogP contribution in [0.2, 0.25) is 0 Å². The summed E-state index contributed by atoms with van der Waals surface area (Å²) in [5.74, 6) is -0.892. The molecule has 6 nitrogen and oxygen atoms in total. The van der Waals surface area contributed by atoms with Crippen LogP contribution in [-0.4, -0.2) is 37.2 Å². The third kappa shape index (κ3) is 63.0. The van der Waals surface area contributed by atoms with Crippen molar-refractivity contribution >= 4 is 17.9 Å². The first-order chi connectivity index (χ1) is 38.0. The number of allylic oxidation sites excluding steroid dienone is 16. The second kappa shape index (κ2) is 64.9. The van der Waals surface area contributed by atoms with Gasteiger partial charge in [-0.2, -0.15) is 0 Å². The number of unbranched alkanes of at least 4 members (excludes halogenated alkanes) is 32. The molecule has 0 fully saturated rings. The summed E-state index contributed by atoms with van der Waals surface area (Å²) in [7, 11) is 0. The van der Waals surface area contributed by atoms with Crippen LogP contribution in [0.1, 0.15) is 316 Å². The second-order valence-corrected chi connectivity index (χ2v) is 21.6. The monoisotopic (exact) mass is 1070 g/mol. The lowest BCUT2D eigenvalue weighted by Gasteiger charge is -2.18. The summed E-state index contributed by atoms with van der Waals surface area (Å²) in [6.07, 6.45) is 87.1. The van der Waals surface area contributed by atoms with E-state index in [2.05, 4.69) is 118 Å². The molecule has 77 heavy (non-hydrogen) atoms. The standard InChI is InChI=1S/C71H122O6/c1-4-7-10-13-16-19-22-24-26-28-30-32-33-34-35-36-37-38-39-40-42-43-45-47-49-52-55-58-61-64-70(73)76-67-68(66-75-69(72)63-60-57-54-51-21-18-15-12-9-6-3)77-71(74)65-62-59-56-53-50-48-46-44-41-31-29-27-25-23-20-17-14-11-8-5-2/h7,10,12,15-16,19,24,26,30,32,34-35,37-38,40,42,68H,4-6,8-9,11,13-14,17-18,20-23,25,27-29,31,33,36,39,41,43-67H2,1-3H3/b10-7-,15-12-,19-16-,26-24-,32-30-,35-34-,38-37-,42-40-. The van der Waals surface area contributed by atoms with E-state index in [-0.39, 0.29) is 31.1 Å². The Morgan fingerprint density at radius 3 is 0.857 bits per heavy atom. The molecule has 0 aliphatic rings. The summed E-state index contributed by atoms with van der Waals surface area (Å²) in [4.78, 5) is 38.2. The van der Waals surface area contributed by atoms with Crippen molar-refractivity contribution in [3.8, 4) is 0 Å². The molecule has 1 atom stereocenters. The molecule has 0 amide bonds. The molecule has 0 N–H and O–H groups in total. The Morgan fingerprint density at radius 1 is 0.273 bits per heavy atom. The summed E-state index contributed by atoms with van der Waals surface area (Å²) in [6, 6.07) is 0. The number of rotatable bonds is 59. The highest BCUT2D eigenvalue weighted by atomic mass is 16.6. The van der Waals surface area contributed by atoms with Gasteiger partial charge in [0.05, 0.1) is 0 Å². The smallest absolute Gasteiger partial charge is 0.306 e. The molecule has 0 spiro atoms. The van der Waals surface area contributed by atoms with Crippen LogP contribution >= 0.6 is 0 Å². The normalized spacial score (nSPS) is 12.7. The molecule has 0 radical (unpaired) electrons. The van der Waals surface area contributed by atoms with Gasteiger partial charge < -0.3 is 14.2 Å². The van der Waals surface area contributed by atoms with Crippen molar-refractivity contribution in [3.63, 3.8) is 0 Å². The van der Waals surface area contributed by atoms with E-state index in [9.17, 15) is 14.4 Å². The quantitative estimate of drug-likeness (QED) is 0.0261. The molecule has 1 unspecified atom stereocenters. The minimum absolute atomic E-state index is 0.0829. The lowest BCUT2D eigenvalue weighted by atomic mass is 10.0. The molecule has 0 saturated carbocycles. The van der Waals surface area contributed by atoms with Gasteiger partial charge in [0.25, 0.3) is 0 Å². The maximum atomic E-state index is 12.9. The van der Waals surface area contributed by atoms with Crippen LogP contribution in [0.25, 0.3) is 0 Å². The Morgan fingerprint density at radius 2 is 0.532 bits per heavy atom. The zero-order chi connectivity index (χ0) is 55.7. The van der Waals surface area contributed by atoms with Crippen LogP contribution in [0.5, 0.6) is 0 Å². The van der Waals surface area contributed by atoms with E-state index in [1.54, 1.807) is 0 Å². The predicted molar refractivity (Wildman–Crippen MR) is 334 cm³/mol. The minimum Gasteiger partial charge on any atom is -0.462 e. The van der Waals surface area contributed by atoms with Crippen LogP contribution in [0.15, 0.2) is 97.2 Å². The fraction of sp³-hybridized carbons (Fsp3) is 0.732. The van der Waals surface area contributed by atoms with Gasteiger partial charge in [0.1, 0.15) is 13.2 Å². The molecule has 0 aromatic rings. The van der Waals surface area contributed by atoms with Crippen molar-refractivity contribution in [1.29, 1.82) is 0 Å². The van der Waals surface area contributed by atoms with E-state index in [1.807, 2.05) is 0 Å². The van der Waals surface area contributed by atoms with E-state index in [1.165, 1.54) is 154 Å². The Kier molecular flexibility index (Phi) is 61.8. The van der Waals surface area contributed by atoms with Crippen molar-refractivity contribution in [1.82, 2.24) is 0 Å². The number of carbonyl (C=O) groups is 3. The third-order valence-electron chi connectivity index (χ3n) is 14.1. The maximum absolute atomic E-state index is 12.9. The van der Waals surface area contributed by atoms with Crippen molar-refractivity contribution in [2.75, 3.05) is 13.2 Å². The maximum Gasteiger partial charge on any atom is 0.306 e. The topological polar surface area (TPSA) is 78.9 Å². The Labute approximate surface area is 477 Å². The molecule has 0 saturated heterocycles. The summed E-state index contributed by atoms with van der Waals surface area (Å²) in [6.45, 7) is 6.48. The number of ether oxygens (including phenoxy) is 3. The highest BCUT2D eigenvalue weighted by Crippen LogP contribution is 2.17. The molecule has 0 aliphatic heterocycles. The SMILES string of the molecule is CC/C=C\C/C=C\C/C=C\C/C=C\C/C=C\C/C=C\C/C=C\CCCCCCCCCC(=O)OCC(COC(=O)CCCCCCC/C=C\CCC)OC(=O)CCCCCCCCCCCCCCCCCCCCCC. The predicted octanol–water partition coefficient (Wildman–Crippen LogP) is 22.4. The van der Waals surface area contributed by atoms with Gasteiger partial charge in [0.2, 0.25) is 0 Å². The molecule has 0 bridgehead atoms. The Hall–Kier alpha value is -3.67. The molecule has 442 valence electrons. The van der Waals surface area contributed by atoms with Gasteiger partial charge in [0, 0.05) is 19.3 Å². The zero-order valence-electron chi connectivity index (χ0n) is 50.7. The molecule has 0 heterocycles. The van der Waals surface area contributed by atoms with E-state index in [0.717, 1.165) is 122 Å². The van der Waals surface area contributed by atoms with Crippen LogP contribution in [-0.2, 0) is 28.6 Å². The average molecular weight is 1070 g/mol. The Bertz CT molecular complexity index is 1510. The van der Waals surface area contributed by atoms with Crippen LogP contribution in [0, 0.1) is 0 Å². The van der Waals surface area contributed by atoms with Crippen LogP contribution in [0.3, 0.4) is 0 Å². The fourth-order valence-corrected chi connectivity index (χ4v) is 9.19. The van der Waals surface area contributed by atoms with E-state index >= 15 is 0 Å². The zero-order valence-corrected chi connectivity index (χ0v) is 50.7. The van der Waals surface area contributed by atoms with Gasteiger partial charge in [0.15, 0.2) is 6.10 Å². The van der Waals surface area contributed by atoms with Gasteiger partial charge in [-0.3, -0.25) is 14.4 Å². The minimum atomic E-state index is -0.784. The van der Waals surface area contributed by atoms with Gasteiger partial charge in [-0.05, 0) is 96.3 Å². The first kappa shape index (κ1) is 73.3. The van der Waals surface area contributed by atoms with E-state index in [0.29, 0.717) is 19.3 Å². The van der Waals surface area contributed by atoms with Crippen molar-refractivity contribution in [3.05, 3.63) is 97.2 Å². The van der Waals surface area contributed by atoms with E-state index in [4.69, 9.17) is 14.2 Å². The van der Waals surface area contributed by atoms with Crippen molar-refractivity contribution in [2.45, 2.75) is 322 Å². The summed E-state index contributed by atoms with van der Waals surface area (Å²) in [5.41, 5.74) is 0. The lowest BCUT2D eigenvalue weighted by molar-refractivity contribution is -0.167. The number of esters is 3. The molecule has 0 aromatic heterocycles. The van der Waals surface area contributed by atoms with Gasteiger partial charge >= 0.3 is 17.9 Å². The molecule has 0 aliphatic carbocycles. The molecule has 6 heteroatoms. The number of hydrogen-bond acceptors (Lipinski definition) is 6. The van der Waals surface area contributed by atoms with E-state index < -0.39 is 6.10 Å². The van der Waals surface area contributed by atoms with Gasteiger partial charge in [-0.15, -0.1) is 0 Å². The number of carbonyl (C=O) groups excluding carboxylic acids is 3. The first-order valence-corrected chi connectivity index (χ1v) is 32.7. The average Bonchev–Trinajstić information content (AvgIpc) is 3.43. The lowest BCUT2D eigenvalue weighted by Crippen LogP contribution is -2.30. The third-order valence-corrected chi connectivity index (χ3v) is 14.1. The highest BCUT2D eigenvalue weighted by Gasteiger charge is 2.19. The first-order valence-electron chi connectivity index (χ1n) is 32.7. The van der Waals surface area contributed by atoms with Crippen LogP contribution < -0.4 is 0 Å². The summed E-state index contributed by atoms with van der Waals surface area (Å²) in [5, 5.41) is 0. The molecular formula is C71H122O6. The molecule has 0 aromatic carbocycles. The van der Waals surface area contributed by atoms with Crippen molar-refractivity contribution < 1.29 is 28.6 Å². The second-order valence-electron chi connectivity index (χ2n) is 21.6. The molecular weight excluding hydrogens is 949 g/mol. The molecule has 0 rings (SSSR count). The van der Waals surface area contributed by atoms with Gasteiger partial charge in [-0.25, -0.2) is 0 Å². The number of hydrogen-bond donors (Lipinski definition) is 0. The highest BCUT2D eigenvalue weighted by molar-refractivity contribution is 5.71. The Balaban J connectivity index is 4.25. The largest absolute Gasteiger partial charge is 0.462 e. The summed E-state index contributed by atoms with van der Waals surface area (Å²) >= 11 is 0. The van der Waals surface area contributed by atoms with Gasteiger partial charge in [-0.1, -0.05) is 298 Å². The van der Waals surface area contributed by atoms with Crippen molar-refractivity contribution in [2.24, 2.45) is 0 Å². The summed E-state index contributed by atoms with van der Waals surface area (Å²) < 4.78 is 16.9.